The Kier molecular flexibility index (Phi) is 2.73. The van der Waals surface area contributed by atoms with E-state index in [9.17, 15) is 5.21 Å². The standard InChI is InChI=1S/C12H17NO/c1-13(14)12-9-5-4-8-11(12)10-6-2-3-7-10/h4-5,8-10,14H,2-3,6-7H2,1H3. The highest BCUT2D eigenvalue weighted by Gasteiger charge is 2.20. The van der Waals surface area contributed by atoms with Gasteiger partial charge >= 0.3 is 0 Å². The Balaban J connectivity index is 2.30. The number of para-hydroxylation sites is 1. The van der Waals surface area contributed by atoms with Crippen LogP contribution in [-0.4, -0.2) is 12.3 Å². The predicted molar refractivity (Wildman–Crippen MR) is 57.8 cm³/mol. The summed E-state index contributed by atoms with van der Waals surface area (Å²) < 4.78 is 0. The summed E-state index contributed by atoms with van der Waals surface area (Å²) in [5, 5.41) is 10.7. The molecule has 0 radical (unpaired) electrons. The fraction of sp³-hybridized carbons (Fsp3) is 0.500. The van der Waals surface area contributed by atoms with Crippen molar-refractivity contribution in [3.8, 4) is 0 Å². The van der Waals surface area contributed by atoms with E-state index < -0.39 is 0 Å². The van der Waals surface area contributed by atoms with Crippen LogP contribution in [0, 0.1) is 0 Å². The first-order valence-corrected chi connectivity index (χ1v) is 5.30. The molecule has 2 nitrogen and oxygen atoms in total. The number of hydroxylamine groups is 1. The average molecular weight is 191 g/mol. The molecule has 0 spiro atoms. The van der Waals surface area contributed by atoms with Crippen molar-refractivity contribution in [3.63, 3.8) is 0 Å². The Morgan fingerprint density at radius 1 is 1.21 bits per heavy atom. The van der Waals surface area contributed by atoms with E-state index in [0.29, 0.717) is 5.92 Å². The molecule has 14 heavy (non-hydrogen) atoms. The molecule has 0 bridgehead atoms. The van der Waals surface area contributed by atoms with E-state index in [0.717, 1.165) is 5.69 Å². The van der Waals surface area contributed by atoms with Gasteiger partial charge < -0.3 is 0 Å². The van der Waals surface area contributed by atoms with Crippen LogP contribution in [0.1, 0.15) is 37.2 Å². The first kappa shape index (κ1) is 9.53. The van der Waals surface area contributed by atoms with E-state index in [1.54, 1.807) is 7.05 Å². The maximum atomic E-state index is 9.50. The SMILES string of the molecule is CN(O)c1ccccc1C1CCCC1. The summed E-state index contributed by atoms with van der Waals surface area (Å²) >= 11 is 0. The van der Waals surface area contributed by atoms with Crippen LogP contribution in [0.15, 0.2) is 24.3 Å². The molecule has 1 aliphatic rings. The van der Waals surface area contributed by atoms with Gasteiger partial charge in [-0.3, -0.25) is 10.3 Å². The molecule has 76 valence electrons. The molecule has 0 atom stereocenters. The number of nitrogens with zero attached hydrogens (tertiary/aromatic N) is 1. The minimum absolute atomic E-state index is 0.654. The van der Waals surface area contributed by atoms with Crippen molar-refractivity contribution in [3.05, 3.63) is 29.8 Å². The zero-order valence-electron chi connectivity index (χ0n) is 8.61. The number of benzene rings is 1. The molecule has 0 aliphatic heterocycles. The predicted octanol–water partition coefficient (Wildman–Crippen LogP) is 3.17. The van der Waals surface area contributed by atoms with E-state index in [-0.39, 0.29) is 0 Å². The van der Waals surface area contributed by atoms with Crippen LogP contribution in [0.4, 0.5) is 5.69 Å². The van der Waals surface area contributed by atoms with Crippen LogP contribution in [0.25, 0.3) is 0 Å². The third kappa shape index (κ3) is 1.75. The summed E-state index contributed by atoms with van der Waals surface area (Å²) in [5.74, 6) is 0.654. The largest absolute Gasteiger partial charge is 0.289 e. The fourth-order valence-corrected chi connectivity index (χ4v) is 2.36. The van der Waals surface area contributed by atoms with Crippen molar-refractivity contribution in [1.82, 2.24) is 0 Å². The van der Waals surface area contributed by atoms with E-state index >= 15 is 0 Å². The first-order valence-electron chi connectivity index (χ1n) is 5.30. The van der Waals surface area contributed by atoms with Crippen LogP contribution >= 0.6 is 0 Å². The van der Waals surface area contributed by atoms with Crippen LogP contribution in [0.5, 0.6) is 0 Å². The van der Waals surface area contributed by atoms with Gasteiger partial charge in [0.1, 0.15) is 0 Å². The topological polar surface area (TPSA) is 23.5 Å². The summed E-state index contributed by atoms with van der Waals surface area (Å²) in [4.78, 5) is 0. The minimum atomic E-state index is 0.654. The second kappa shape index (κ2) is 4.01. The minimum Gasteiger partial charge on any atom is -0.289 e. The van der Waals surface area contributed by atoms with Gasteiger partial charge in [-0.05, 0) is 30.4 Å². The molecule has 1 aliphatic carbocycles. The van der Waals surface area contributed by atoms with Gasteiger partial charge in [0.25, 0.3) is 0 Å². The molecule has 1 N–H and O–H groups in total. The summed E-state index contributed by atoms with van der Waals surface area (Å²) in [6.07, 6.45) is 5.19. The smallest absolute Gasteiger partial charge is 0.0665 e. The van der Waals surface area contributed by atoms with Gasteiger partial charge in [0.2, 0.25) is 0 Å². The molecule has 0 saturated heterocycles. The lowest BCUT2D eigenvalue weighted by Gasteiger charge is -2.19. The van der Waals surface area contributed by atoms with Gasteiger partial charge in [-0.2, -0.15) is 0 Å². The van der Waals surface area contributed by atoms with Gasteiger partial charge in [-0.25, -0.2) is 0 Å². The number of hydrogen-bond acceptors (Lipinski definition) is 2. The third-order valence-electron chi connectivity index (χ3n) is 3.08. The van der Waals surface area contributed by atoms with E-state index in [2.05, 4.69) is 12.1 Å². The second-order valence-corrected chi connectivity index (χ2v) is 4.06. The molecule has 0 unspecified atom stereocenters. The monoisotopic (exact) mass is 191 g/mol. The Bertz CT molecular complexity index is 303. The average Bonchev–Trinajstić information content (AvgIpc) is 2.70. The highest BCUT2D eigenvalue weighted by molar-refractivity contribution is 5.52. The van der Waals surface area contributed by atoms with Gasteiger partial charge in [-0.1, -0.05) is 31.0 Å². The van der Waals surface area contributed by atoms with Gasteiger partial charge in [-0.15, -0.1) is 0 Å². The first-order chi connectivity index (χ1) is 6.79. The van der Waals surface area contributed by atoms with Crippen LogP contribution in [-0.2, 0) is 0 Å². The molecule has 1 aromatic rings. The number of rotatable bonds is 2. The maximum absolute atomic E-state index is 9.50. The molecule has 0 aromatic heterocycles. The summed E-state index contributed by atoms with van der Waals surface area (Å²) in [6, 6.07) is 8.15. The van der Waals surface area contributed by atoms with Gasteiger partial charge in [0.15, 0.2) is 0 Å². The van der Waals surface area contributed by atoms with Crippen LogP contribution in [0.3, 0.4) is 0 Å². The zero-order chi connectivity index (χ0) is 9.97. The number of anilines is 1. The van der Waals surface area contributed by atoms with Crippen LogP contribution < -0.4 is 5.06 Å². The summed E-state index contributed by atoms with van der Waals surface area (Å²) in [5.41, 5.74) is 2.26. The van der Waals surface area contributed by atoms with Crippen molar-refractivity contribution < 1.29 is 5.21 Å². The Hall–Kier alpha value is -1.02. The maximum Gasteiger partial charge on any atom is 0.0665 e. The molecule has 2 rings (SSSR count). The van der Waals surface area contributed by atoms with E-state index in [1.165, 1.54) is 36.3 Å². The molecular weight excluding hydrogens is 174 g/mol. The highest BCUT2D eigenvalue weighted by Crippen LogP contribution is 2.38. The Morgan fingerprint density at radius 3 is 2.50 bits per heavy atom. The highest BCUT2D eigenvalue weighted by atomic mass is 16.5. The lowest BCUT2D eigenvalue weighted by atomic mass is 9.96. The van der Waals surface area contributed by atoms with Crippen molar-refractivity contribution >= 4 is 5.69 Å². The van der Waals surface area contributed by atoms with Gasteiger partial charge in [0.05, 0.1) is 5.69 Å². The van der Waals surface area contributed by atoms with Crippen LogP contribution in [0.2, 0.25) is 0 Å². The summed E-state index contributed by atoms with van der Waals surface area (Å²) in [7, 11) is 1.69. The molecule has 0 amide bonds. The molecule has 1 saturated carbocycles. The Labute approximate surface area is 85.1 Å². The third-order valence-corrected chi connectivity index (χ3v) is 3.08. The molecule has 2 heteroatoms. The van der Waals surface area contributed by atoms with Crippen molar-refractivity contribution in [1.29, 1.82) is 0 Å². The van der Waals surface area contributed by atoms with Crippen molar-refractivity contribution in [2.45, 2.75) is 31.6 Å². The van der Waals surface area contributed by atoms with Crippen molar-refractivity contribution in [2.24, 2.45) is 0 Å². The fourth-order valence-electron chi connectivity index (χ4n) is 2.36. The Morgan fingerprint density at radius 2 is 1.86 bits per heavy atom. The van der Waals surface area contributed by atoms with E-state index in [4.69, 9.17) is 0 Å². The quantitative estimate of drug-likeness (QED) is 0.726. The lowest BCUT2D eigenvalue weighted by molar-refractivity contribution is 0.278. The van der Waals surface area contributed by atoms with Crippen molar-refractivity contribution in [2.75, 3.05) is 12.1 Å². The lowest BCUT2D eigenvalue weighted by Crippen LogP contribution is -2.13. The molecular formula is C12H17NO. The van der Waals surface area contributed by atoms with Gasteiger partial charge in [0, 0.05) is 7.05 Å². The molecule has 0 heterocycles. The molecule has 1 aromatic carbocycles. The summed E-state index contributed by atoms with van der Waals surface area (Å²) in [6.45, 7) is 0. The second-order valence-electron chi connectivity index (χ2n) is 4.06. The molecule has 1 fully saturated rings. The van der Waals surface area contributed by atoms with E-state index in [1.807, 2.05) is 12.1 Å². The zero-order valence-corrected chi connectivity index (χ0v) is 8.61. The number of hydrogen-bond donors (Lipinski definition) is 1. The normalized spacial score (nSPS) is 17.3.